The fourth-order valence-electron chi connectivity index (χ4n) is 1.93. The third kappa shape index (κ3) is 1.19. The number of aryl methyl sites for hydroxylation is 2. The summed E-state index contributed by atoms with van der Waals surface area (Å²) in [6.45, 7) is 0. The Hall–Kier alpha value is -2.64. The first kappa shape index (κ1) is 10.5. The van der Waals surface area contributed by atoms with Crippen LogP contribution in [0.15, 0.2) is 28.2 Å². The van der Waals surface area contributed by atoms with Crippen LogP contribution >= 0.6 is 0 Å². The van der Waals surface area contributed by atoms with Gasteiger partial charge in [0.05, 0.1) is 12.5 Å². The summed E-state index contributed by atoms with van der Waals surface area (Å²) in [5.41, 5.74) is -0.150. The molecule has 0 bridgehead atoms. The molecule has 0 aromatic carbocycles. The minimum Gasteiger partial charge on any atom is -0.328 e. The average molecular weight is 246 g/mol. The van der Waals surface area contributed by atoms with E-state index in [9.17, 15) is 9.59 Å². The van der Waals surface area contributed by atoms with Crippen molar-refractivity contribution in [1.29, 1.82) is 0 Å². The Morgan fingerprint density at radius 2 is 2.06 bits per heavy atom. The third-order valence-corrected chi connectivity index (χ3v) is 2.85. The van der Waals surface area contributed by atoms with Crippen LogP contribution in [-0.2, 0) is 14.1 Å². The van der Waals surface area contributed by atoms with E-state index < -0.39 is 11.2 Å². The standard InChI is InChI=1S/C10H10N6O2/c1-14-5-11-8-7(14)9(17)16(10(18)15(8)2)6-3-4-12-13-6/h3-5H,1-2H3,(H,12,13). The number of nitrogens with zero attached hydrogens (tertiary/aromatic N) is 5. The summed E-state index contributed by atoms with van der Waals surface area (Å²) in [5.74, 6) is 0.337. The SMILES string of the molecule is Cn1cnc2c1c(=O)n(-c1ccn[nH]1)c(=O)n2C. The van der Waals surface area contributed by atoms with Gasteiger partial charge in [-0.3, -0.25) is 14.5 Å². The molecular weight excluding hydrogens is 236 g/mol. The Kier molecular flexibility index (Phi) is 2.00. The van der Waals surface area contributed by atoms with Crippen molar-refractivity contribution in [2.45, 2.75) is 0 Å². The average Bonchev–Trinajstić information content (AvgIpc) is 2.96. The molecule has 0 amide bonds. The van der Waals surface area contributed by atoms with Gasteiger partial charge in [-0.2, -0.15) is 5.10 Å². The minimum atomic E-state index is -0.463. The second-order valence-corrected chi connectivity index (χ2v) is 3.95. The molecule has 3 heterocycles. The van der Waals surface area contributed by atoms with Gasteiger partial charge >= 0.3 is 5.69 Å². The zero-order valence-corrected chi connectivity index (χ0v) is 9.78. The van der Waals surface area contributed by atoms with Crippen LogP contribution in [0.5, 0.6) is 0 Å². The van der Waals surface area contributed by atoms with Gasteiger partial charge < -0.3 is 4.57 Å². The lowest BCUT2D eigenvalue weighted by molar-refractivity contribution is 0.748. The molecule has 0 spiro atoms. The lowest BCUT2D eigenvalue weighted by Crippen LogP contribution is -2.38. The van der Waals surface area contributed by atoms with Gasteiger partial charge in [-0.1, -0.05) is 0 Å². The topological polar surface area (TPSA) is 90.5 Å². The molecule has 1 N–H and O–H groups in total. The fourth-order valence-corrected chi connectivity index (χ4v) is 1.93. The van der Waals surface area contributed by atoms with Gasteiger partial charge in [0.15, 0.2) is 11.2 Å². The van der Waals surface area contributed by atoms with Crippen LogP contribution in [0.1, 0.15) is 0 Å². The minimum absolute atomic E-state index is 0.337. The Balaban J connectivity index is 2.58. The molecule has 0 unspecified atom stereocenters. The molecule has 0 aliphatic carbocycles. The summed E-state index contributed by atoms with van der Waals surface area (Å²) in [6, 6.07) is 1.56. The summed E-state index contributed by atoms with van der Waals surface area (Å²) in [4.78, 5) is 28.5. The van der Waals surface area contributed by atoms with E-state index in [0.717, 1.165) is 4.57 Å². The lowest BCUT2D eigenvalue weighted by Gasteiger charge is -2.05. The van der Waals surface area contributed by atoms with Crippen LogP contribution in [-0.4, -0.2) is 28.9 Å². The van der Waals surface area contributed by atoms with Crippen LogP contribution in [0.25, 0.3) is 17.0 Å². The van der Waals surface area contributed by atoms with Crippen molar-refractivity contribution in [2.75, 3.05) is 0 Å². The highest BCUT2D eigenvalue weighted by Gasteiger charge is 2.16. The molecule has 3 aromatic rings. The monoisotopic (exact) mass is 246 g/mol. The van der Waals surface area contributed by atoms with Crippen molar-refractivity contribution in [2.24, 2.45) is 14.1 Å². The number of H-pyrrole nitrogens is 1. The van der Waals surface area contributed by atoms with Crippen LogP contribution in [0.4, 0.5) is 0 Å². The number of rotatable bonds is 1. The molecule has 0 saturated carbocycles. The molecule has 0 fully saturated rings. The van der Waals surface area contributed by atoms with E-state index in [1.54, 1.807) is 24.7 Å². The molecule has 18 heavy (non-hydrogen) atoms. The van der Waals surface area contributed by atoms with Crippen molar-refractivity contribution >= 4 is 11.2 Å². The maximum Gasteiger partial charge on any atom is 0.338 e. The van der Waals surface area contributed by atoms with Gasteiger partial charge in [0.2, 0.25) is 0 Å². The quantitative estimate of drug-likeness (QED) is 0.605. The van der Waals surface area contributed by atoms with E-state index in [2.05, 4.69) is 15.2 Å². The van der Waals surface area contributed by atoms with E-state index in [-0.39, 0.29) is 0 Å². The largest absolute Gasteiger partial charge is 0.338 e. The molecular formula is C10H10N6O2. The van der Waals surface area contributed by atoms with Gasteiger partial charge in [0.25, 0.3) is 5.56 Å². The summed E-state index contributed by atoms with van der Waals surface area (Å²) in [5, 5.41) is 6.35. The van der Waals surface area contributed by atoms with E-state index >= 15 is 0 Å². The van der Waals surface area contributed by atoms with Crippen LogP contribution < -0.4 is 11.2 Å². The summed E-state index contributed by atoms with van der Waals surface area (Å²) < 4.78 is 3.96. The number of hydrogen-bond acceptors (Lipinski definition) is 4. The predicted octanol–water partition coefficient (Wildman–Crippen LogP) is -0.854. The van der Waals surface area contributed by atoms with Gasteiger partial charge in [-0.25, -0.2) is 14.3 Å². The smallest absolute Gasteiger partial charge is 0.328 e. The van der Waals surface area contributed by atoms with Gasteiger partial charge in [-0.15, -0.1) is 0 Å². The number of imidazole rings is 1. The Bertz CT molecular complexity index is 836. The Morgan fingerprint density at radius 3 is 2.72 bits per heavy atom. The first-order valence-corrected chi connectivity index (χ1v) is 5.24. The molecule has 0 atom stereocenters. The van der Waals surface area contributed by atoms with Crippen molar-refractivity contribution < 1.29 is 0 Å². The molecule has 0 radical (unpaired) electrons. The van der Waals surface area contributed by atoms with E-state index in [4.69, 9.17) is 0 Å². The molecule has 0 aliphatic heterocycles. The number of aromatic amines is 1. The van der Waals surface area contributed by atoms with E-state index in [1.807, 2.05) is 0 Å². The van der Waals surface area contributed by atoms with E-state index in [1.165, 1.54) is 17.1 Å². The van der Waals surface area contributed by atoms with Gasteiger partial charge in [0, 0.05) is 20.2 Å². The highest BCUT2D eigenvalue weighted by atomic mass is 16.2. The molecule has 3 rings (SSSR count). The second-order valence-electron chi connectivity index (χ2n) is 3.95. The zero-order chi connectivity index (χ0) is 12.9. The number of nitrogens with one attached hydrogen (secondary N) is 1. The molecule has 8 heteroatoms. The second kappa shape index (κ2) is 3.42. The molecule has 0 saturated heterocycles. The van der Waals surface area contributed by atoms with Crippen molar-refractivity contribution in [1.82, 2.24) is 28.9 Å². The van der Waals surface area contributed by atoms with Crippen LogP contribution in [0.3, 0.4) is 0 Å². The maximum absolute atomic E-state index is 12.3. The number of aromatic nitrogens is 6. The maximum atomic E-state index is 12.3. The van der Waals surface area contributed by atoms with Crippen LogP contribution in [0, 0.1) is 0 Å². The first-order chi connectivity index (χ1) is 8.61. The van der Waals surface area contributed by atoms with Crippen LogP contribution in [0.2, 0.25) is 0 Å². The van der Waals surface area contributed by atoms with Gasteiger partial charge in [-0.05, 0) is 0 Å². The zero-order valence-electron chi connectivity index (χ0n) is 9.78. The lowest BCUT2D eigenvalue weighted by atomic mass is 10.5. The van der Waals surface area contributed by atoms with E-state index in [0.29, 0.717) is 17.0 Å². The number of hydrogen-bond donors (Lipinski definition) is 1. The molecule has 92 valence electrons. The fraction of sp³-hybridized carbons (Fsp3) is 0.200. The highest BCUT2D eigenvalue weighted by molar-refractivity contribution is 5.70. The van der Waals surface area contributed by atoms with Crippen molar-refractivity contribution in [3.8, 4) is 5.82 Å². The summed E-state index contributed by atoms with van der Waals surface area (Å²) in [7, 11) is 3.28. The molecule has 3 aromatic heterocycles. The Labute approximate surface area is 100 Å². The van der Waals surface area contributed by atoms with Crippen molar-refractivity contribution in [3.63, 3.8) is 0 Å². The predicted molar refractivity (Wildman–Crippen MR) is 63.7 cm³/mol. The first-order valence-electron chi connectivity index (χ1n) is 5.24. The summed E-state index contributed by atoms with van der Waals surface area (Å²) in [6.07, 6.45) is 2.98. The highest BCUT2D eigenvalue weighted by Crippen LogP contribution is 2.04. The van der Waals surface area contributed by atoms with Crippen molar-refractivity contribution in [3.05, 3.63) is 39.4 Å². The summed E-state index contributed by atoms with van der Waals surface area (Å²) >= 11 is 0. The third-order valence-electron chi connectivity index (χ3n) is 2.85. The Morgan fingerprint density at radius 1 is 1.28 bits per heavy atom. The van der Waals surface area contributed by atoms with Gasteiger partial charge in [0.1, 0.15) is 5.82 Å². The molecule has 0 aliphatic rings. The number of fused-ring (bicyclic) bond motifs is 1. The normalized spacial score (nSPS) is 11.2. The molecule has 8 nitrogen and oxygen atoms in total.